The van der Waals surface area contributed by atoms with Gasteiger partial charge in [0.05, 0.1) is 22.5 Å². The summed E-state index contributed by atoms with van der Waals surface area (Å²) in [6, 6.07) is 18.1. The van der Waals surface area contributed by atoms with Gasteiger partial charge in [-0.1, -0.05) is 91.0 Å². The summed E-state index contributed by atoms with van der Waals surface area (Å²) in [6.45, 7) is 1.06. The second kappa shape index (κ2) is 14.7. The highest BCUT2D eigenvalue weighted by atomic mass is 35.5. The molecule has 3 aromatic carbocycles. The molecular formula is C33H37ClF3N3O4S. The lowest BCUT2D eigenvalue weighted by Gasteiger charge is -2.35. The predicted octanol–water partition coefficient (Wildman–Crippen LogP) is 6.52. The molecule has 1 saturated carbocycles. The summed E-state index contributed by atoms with van der Waals surface area (Å²) in [5.41, 5.74) is 0.876. The number of carbonyl (C=O) groups excluding carboxylic acids is 2. The van der Waals surface area contributed by atoms with Gasteiger partial charge in [-0.2, -0.15) is 13.2 Å². The lowest BCUT2D eigenvalue weighted by atomic mass is 9.94. The normalized spacial score (nSPS) is 14.9. The van der Waals surface area contributed by atoms with Gasteiger partial charge in [0.25, 0.3) is 0 Å². The molecular weight excluding hydrogens is 627 g/mol. The molecule has 12 heteroatoms. The zero-order valence-electron chi connectivity index (χ0n) is 25.2. The summed E-state index contributed by atoms with van der Waals surface area (Å²) in [7, 11) is -4.25. The standard InChI is InChI=1S/C33H37ClF3N3O4S/c1-23-13-15-25(16-14-23)21-39(30(19-24-9-5-3-6-10-24)32(42)38-26-11-7-4-8-12-26)31(41)22-40(45(2,43)44)27-17-18-29(34)28(20-27)33(35,36)37/h3,5-6,9-10,13-18,20,26,30H,4,7-8,11-12,19,21-22H2,1-2H3,(H,38,42)/t30-/m1/s1. The van der Waals surface area contributed by atoms with Crippen LogP contribution in [0.5, 0.6) is 0 Å². The summed E-state index contributed by atoms with van der Waals surface area (Å²) in [5.74, 6) is -1.12. The van der Waals surface area contributed by atoms with E-state index in [0.717, 1.165) is 61.6 Å². The Morgan fingerprint density at radius 2 is 1.60 bits per heavy atom. The SMILES string of the molecule is Cc1ccc(CN(C(=O)CN(c2ccc(Cl)c(C(F)(F)F)c2)S(C)(=O)=O)[C@H](Cc2ccccc2)C(=O)NC2CCCCC2)cc1. The predicted molar refractivity (Wildman–Crippen MR) is 169 cm³/mol. The topological polar surface area (TPSA) is 86.8 Å². The highest BCUT2D eigenvalue weighted by Gasteiger charge is 2.37. The van der Waals surface area contributed by atoms with Gasteiger partial charge in [0.1, 0.15) is 12.6 Å². The molecule has 3 aromatic rings. The summed E-state index contributed by atoms with van der Waals surface area (Å²) < 4.78 is 67.5. The maximum absolute atomic E-state index is 14.2. The fourth-order valence-corrected chi connectivity index (χ4v) is 6.55. The number of rotatable bonds is 11. The van der Waals surface area contributed by atoms with E-state index in [0.29, 0.717) is 15.9 Å². The first-order valence-electron chi connectivity index (χ1n) is 14.8. The molecule has 0 bridgehead atoms. The Labute approximate surface area is 267 Å². The van der Waals surface area contributed by atoms with E-state index in [4.69, 9.17) is 11.6 Å². The number of alkyl halides is 3. The average Bonchev–Trinajstić information content (AvgIpc) is 2.99. The molecule has 0 aromatic heterocycles. The molecule has 0 aliphatic heterocycles. The second-order valence-electron chi connectivity index (χ2n) is 11.5. The van der Waals surface area contributed by atoms with Gasteiger partial charge in [-0.05, 0) is 49.1 Å². The van der Waals surface area contributed by atoms with Gasteiger partial charge < -0.3 is 10.2 Å². The number of carbonyl (C=O) groups is 2. The van der Waals surface area contributed by atoms with E-state index in [1.807, 2.05) is 61.5 Å². The molecule has 0 spiro atoms. The minimum absolute atomic E-state index is 0.0271. The van der Waals surface area contributed by atoms with Crippen molar-refractivity contribution >= 4 is 39.1 Å². The molecule has 4 rings (SSSR count). The van der Waals surface area contributed by atoms with Gasteiger partial charge in [-0.15, -0.1) is 0 Å². The molecule has 0 saturated heterocycles. The number of nitrogens with one attached hydrogen (secondary N) is 1. The van der Waals surface area contributed by atoms with Crippen LogP contribution in [0.1, 0.15) is 54.4 Å². The van der Waals surface area contributed by atoms with Crippen LogP contribution in [0.2, 0.25) is 5.02 Å². The van der Waals surface area contributed by atoms with Crippen molar-refractivity contribution in [3.63, 3.8) is 0 Å². The van der Waals surface area contributed by atoms with Crippen molar-refractivity contribution in [3.05, 3.63) is 100 Å². The number of halogens is 4. The number of hydrogen-bond acceptors (Lipinski definition) is 4. The summed E-state index contributed by atoms with van der Waals surface area (Å²) in [5, 5.41) is 2.51. The number of nitrogens with zero attached hydrogens (tertiary/aromatic N) is 2. The fraction of sp³-hybridized carbons (Fsp3) is 0.394. The number of benzene rings is 3. The van der Waals surface area contributed by atoms with Crippen molar-refractivity contribution in [2.45, 2.75) is 70.3 Å². The minimum atomic E-state index is -4.85. The quantitative estimate of drug-likeness (QED) is 0.253. The van der Waals surface area contributed by atoms with E-state index in [1.54, 1.807) is 0 Å². The fourth-order valence-electron chi connectivity index (χ4n) is 5.49. The zero-order valence-corrected chi connectivity index (χ0v) is 26.8. The molecule has 1 aliphatic carbocycles. The lowest BCUT2D eigenvalue weighted by Crippen LogP contribution is -2.55. The van der Waals surface area contributed by atoms with Gasteiger partial charge in [-0.25, -0.2) is 8.42 Å². The Morgan fingerprint density at radius 3 is 2.20 bits per heavy atom. The van der Waals surface area contributed by atoms with Crippen LogP contribution in [-0.4, -0.2) is 50.0 Å². The zero-order chi connectivity index (χ0) is 32.8. The van der Waals surface area contributed by atoms with Crippen LogP contribution in [0.25, 0.3) is 0 Å². The third kappa shape index (κ3) is 9.46. The van der Waals surface area contributed by atoms with E-state index in [-0.39, 0.29) is 30.6 Å². The summed E-state index contributed by atoms with van der Waals surface area (Å²) >= 11 is 5.78. The molecule has 1 N–H and O–H groups in total. The molecule has 1 fully saturated rings. The summed E-state index contributed by atoms with van der Waals surface area (Å²) in [6.07, 6.45) is 0.773. The molecule has 45 heavy (non-hydrogen) atoms. The van der Waals surface area contributed by atoms with E-state index >= 15 is 0 Å². The van der Waals surface area contributed by atoms with E-state index in [9.17, 15) is 31.2 Å². The Morgan fingerprint density at radius 1 is 0.956 bits per heavy atom. The monoisotopic (exact) mass is 663 g/mol. The molecule has 1 aliphatic rings. The molecule has 0 radical (unpaired) electrons. The Bertz CT molecular complexity index is 1580. The van der Waals surface area contributed by atoms with Crippen LogP contribution in [0.4, 0.5) is 18.9 Å². The number of aryl methyl sites for hydroxylation is 1. The molecule has 2 amide bonds. The van der Waals surface area contributed by atoms with Crippen molar-refractivity contribution in [2.75, 3.05) is 17.1 Å². The number of anilines is 1. The molecule has 0 heterocycles. The van der Waals surface area contributed by atoms with Crippen molar-refractivity contribution in [1.82, 2.24) is 10.2 Å². The van der Waals surface area contributed by atoms with Crippen LogP contribution in [0.3, 0.4) is 0 Å². The first-order valence-corrected chi connectivity index (χ1v) is 17.0. The number of hydrogen-bond donors (Lipinski definition) is 1. The van der Waals surface area contributed by atoms with Gasteiger partial charge in [-0.3, -0.25) is 13.9 Å². The number of sulfonamides is 1. The third-order valence-corrected chi connectivity index (χ3v) is 9.39. The van der Waals surface area contributed by atoms with Gasteiger partial charge in [0.15, 0.2) is 0 Å². The first kappa shape index (κ1) is 34.3. The molecule has 1 atom stereocenters. The van der Waals surface area contributed by atoms with Crippen LogP contribution in [0.15, 0.2) is 72.8 Å². The van der Waals surface area contributed by atoms with Crippen LogP contribution >= 0.6 is 11.6 Å². The Balaban J connectivity index is 1.75. The van der Waals surface area contributed by atoms with E-state index in [2.05, 4.69) is 5.32 Å². The van der Waals surface area contributed by atoms with Crippen LogP contribution in [0, 0.1) is 6.92 Å². The molecule has 242 valence electrons. The lowest BCUT2D eigenvalue weighted by molar-refractivity contribution is -0.140. The highest BCUT2D eigenvalue weighted by molar-refractivity contribution is 7.92. The van der Waals surface area contributed by atoms with Crippen LogP contribution < -0.4 is 9.62 Å². The maximum atomic E-state index is 14.2. The highest BCUT2D eigenvalue weighted by Crippen LogP contribution is 2.37. The average molecular weight is 664 g/mol. The molecule has 0 unspecified atom stereocenters. The van der Waals surface area contributed by atoms with Gasteiger partial charge >= 0.3 is 6.18 Å². The van der Waals surface area contributed by atoms with Crippen LogP contribution in [-0.2, 0) is 38.8 Å². The van der Waals surface area contributed by atoms with Crippen molar-refractivity contribution in [2.24, 2.45) is 0 Å². The maximum Gasteiger partial charge on any atom is 0.417 e. The van der Waals surface area contributed by atoms with Crippen molar-refractivity contribution in [1.29, 1.82) is 0 Å². The van der Waals surface area contributed by atoms with E-state index in [1.165, 1.54) is 4.90 Å². The van der Waals surface area contributed by atoms with Gasteiger partial charge in [0.2, 0.25) is 21.8 Å². The van der Waals surface area contributed by atoms with E-state index < -0.39 is 45.3 Å². The summed E-state index contributed by atoms with van der Waals surface area (Å²) in [4.78, 5) is 29.5. The van der Waals surface area contributed by atoms with Crippen molar-refractivity contribution < 1.29 is 31.2 Å². The smallest absolute Gasteiger partial charge is 0.352 e. The second-order valence-corrected chi connectivity index (χ2v) is 13.8. The largest absolute Gasteiger partial charge is 0.417 e. The first-order chi connectivity index (χ1) is 21.2. The Kier molecular flexibility index (Phi) is 11.2. The van der Waals surface area contributed by atoms with Crippen molar-refractivity contribution in [3.8, 4) is 0 Å². The number of amides is 2. The van der Waals surface area contributed by atoms with Gasteiger partial charge in [0, 0.05) is 19.0 Å². The Hall–Kier alpha value is -3.57. The minimum Gasteiger partial charge on any atom is -0.352 e. The molecule has 7 nitrogen and oxygen atoms in total. The third-order valence-electron chi connectivity index (χ3n) is 7.92.